The molecule has 5 heteroatoms. The number of thioether (sulfide) groups is 1. The molecule has 0 saturated heterocycles. The minimum absolute atomic E-state index is 0.0593. The number of benzene rings is 2. The van der Waals surface area contributed by atoms with Crippen LogP contribution in [0.15, 0.2) is 46.0 Å². The molecular weight excluding hydrogens is 344 g/mol. The topological polar surface area (TPSA) is 56.0 Å². The molecule has 2 aromatic carbocycles. The second-order valence-corrected chi connectivity index (χ2v) is 7.89. The predicted octanol–water partition coefficient (Wildman–Crippen LogP) is 5.33. The molecule has 1 atom stereocenters. The van der Waals surface area contributed by atoms with E-state index in [-0.39, 0.29) is 11.0 Å². The molecule has 0 unspecified atom stereocenters. The number of Topliss-reactive ketones (excluding diaryl/α,β-unsaturated/α-hetero) is 1. The van der Waals surface area contributed by atoms with Crippen LogP contribution in [0.5, 0.6) is 0 Å². The molecule has 0 bridgehead atoms. The molecule has 0 radical (unpaired) electrons. The first-order valence-corrected chi connectivity index (χ1v) is 9.42. The average Bonchev–Trinajstić information content (AvgIpc) is 3.07. The van der Waals surface area contributed by atoms with Crippen LogP contribution >= 0.6 is 11.8 Å². The highest BCUT2D eigenvalue weighted by Gasteiger charge is 2.20. The van der Waals surface area contributed by atoms with Crippen molar-refractivity contribution in [2.45, 2.75) is 45.1 Å². The van der Waals surface area contributed by atoms with Gasteiger partial charge in [-0.1, -0.05) is 30.0 Å². The Kier molecular flexibility index (Phi) is 5.28. The van der Waals surface area contributed by atoms with Gasteiger partial charge in [-0.3, -0.25) is 4.79 Å². The van der Waals surface area contributed by atoms with Crippen LogP contribution < -0.4 is 0 Å². The highest BCUT2D eigenvalue weighted by Crippen LogP contribution is 2.28. The Bertz CT molecular complexity index is 962. The molecule has 0 amide bonds. The van der Waals surface area contributed by atoms with E-state index >= 15 is 0 Å². The van der Waals surface area contributed by atoms with Gasteiger partial charge in [-0.05, 0) is 75.1 Å². The third-order valence-electron chi connectivity index (χ3n) is 4.60. The van der Waals surface area contributed by atoms with E-state index in [1.54, 1.807) is 0 Å². The van der Waals surface area contributed by atoms with Crippen LogP contribution in [-0.2, 0) is 0 Å². The summed E-state index contributed by atoms with van der Waals surface area (Å²) in [4.78, 5) is 12.7. The summed E-state index contributed by atoms with van der Waals surface area (Å²) in [6, 6.07) is 11.8. The van der Waals surface area contributed by atoms with E-state index in [1.807, 2.05) is 57.2 Å². The molecule has 1 aromatic heterocycles. The fraction of sp³-hybridized carbons (Fsp3) is 0.286. The maximum absolute atomic E-state index is 12.7. The van der Waals surface area contributed by atoms with Crippen LogP contribution in [-0.4, -0.2) is 21.2 Å². The molecular formula is C21H22N2O2S. The largest absolute Gasteiger partial charge is 0.411 e. The number of carbonyl (C=O) groups excluding carboxylic acids is 1. The second kappa shape index (κ2) is 7.46. The van der Waals surface area contributed by atoms with Gasteiger partial charge < -0.3 is 4.42 Å². The van der Waals surface area contributed by atoms with Gasteiger partial charge in [0.15, 0.2) is 5.78 Å². The molecule has 1 heterocycles. The maximum atomic E-state index is 12.7. The fourth-order valence-corrected chi connectivity index (χ4v) is 3.34. The van der Waals surface area contributed by atoms with Crippen molar-refractivity contribution in [1.29, 1.82) is 0 Å². The van der Waals surface area contributed by atoms with Gasteiger partial charge in [-0.2, -0.15) is 0 Å². The molecule has 0 spiro atoms. The van der Waals surface area contributed by atoms with Gasteiger partial charge in [-0.25, -0.2) is 0 Å². The molecule has 0 fully saturated rings. The normalized spacial score (nSPS) is 12.2. The monoisotopic (exact) mass is 366 g/mol. The quantitative estimate of drug-likeness (QED) is 0.451. The molecule has 0 aliphatic carbocycles. The first kappa shape index (κ1) is 18.4. The first-order valence-electron chi connectivity index (χ1n) is 8.54. The summed E-state index contributed by atoms with van der Waals surface area (Å²) in [5, 5.41) is 8.31. The summed E-state index contributed by atoms with van der Waals surface area (Å²) in [5.41, 5.74) is 6.28. The van der Waals surface area contributed by atoms with E-state index in [4.69, 9.17) is 4.42 Å². The van der Waals surface area contributed by atoms with Crippen molar-refractivity contribution in [3.8, 4) is 11.5 Å². The van der Waals surface area contributed by atoms with Crippen molar-refractivity contribution >= 4 is 17.5 Å². The van der Waals surface area contributed by atoms with Gasteiger partial charge in [-0.15, -0.1) is 10.2 Å². The van der Waals surface area contributed by atoms with Crippen LogP contribution in [0.4, 0.5) is 0 Å². The predicted molar refractivity (Wildman–Crippen MR) is 105 cm³/mol. The number of carbonyl (C=O) groups is 1. The molecule has 134 valence electrons. The maximum Gasteiger partial charge on any atom is 0.277 e. The van der Waals surface area contributed by atoms with Crippen molar-refractivity contribution in [2.24, 2.45) is 0 Å². The van der Waals surface area contributed by atoms with Crippen LogP contribution in [0.2, 0.25) is 0 Å². The Hall–Kier alpha value is -2.40. The van der Waals surface area contributed by atoms with Gasteiger partial charge in [0.2, 0.25) is 5.89 Å². The third kappa shape index (κ3) is 3.88. The van der Waals surface area contributed by atoms with Gasteiger partial charge >= 0.3 is 0 Å². The fourth-order valence-electron chi connectivity index (χ4n) is 2.58. The van der Waals surface area contributed by atoms with Gasteiger partial charge in [0, 0.05) is 11.1 Å². The molecule has 26 heavy (non-hydrogen) atoms. The molecule has 0 aliphatic heterocycles. The van der Waals surface area contributed by atoms with Gasteiger partial charge in [0.1, 0.15) is 0 Å². The Labute approximate surface area is 158 Å². The zero-order valence-corrected chi connectivity index (χ0v) is 16.5. The number of aryl methyl sites for hydroxylation is 4. The standard InChI is InChI=1S/C21H22N2O2S/c1-12-6-8-17(10-14(12)3)19(24)16(5)26-21-23-22-20(25-21)18-9-7-13(2)15(4)11-18/h6-11,16H,1-5H3/t16-/m1/s1. The Morgan fingerprint density at radius 2 is 1.58 bits per heavy atom. The summed E-state index contributed by atoms with van der Waals surface area (Å²) in [7, 11) is 0. The minimum atomic E-state index is -0.301. The highest BCUT2D eigenvalue weighted by molar-refractivity contribution is 8.00. The van der Waals surface area contributed by atoms with Crippen molar-refractivity contribution in [1.82, 2.24) is 10.2 Å². The summed E-state index contributed by atoms with van der Waals surface area (Å²) in [6.45, 7) is 10.0. The van der Waals surface area contributed by atoms with Crippen LogP contribution in [0.25, 0.3) is 11.5 Å². The molecule has 4 nitrogen and oxygen atoms in total. The third-order valence-corrected chi connectivity index (χ3v) is 5.53. The number of ketones is 1. The summed E-state index contributed by atoms with van der Waals surface area (Å²) in [5.74, 6) is 0.533. The second-order valence-electron chi connectivity index (χ2n) is 6.60. The average molecular weight is 366 g/mol. The van der Waals surface area contributed by atoms with Crippen molar-refractivity contribution in [2.75, 3.05) is 0 Å². The lowest BCUT2D eigenvalue weighted by Gasteiger charge is -2.09. The van der Waals surface area contributed by atoms with E-state index in [0.29, 0.717) is 16.7 Å². The lowest BCUT2D eigenvalue weighted by molar-refractivity contribution is 0.0993. The first-order chi connectivity index (χ1) is 12.3. The number of nitrogens with zero attached hydrogens (tertiary/aromatic N) is 2. The smallest absolute Gasteiger partial charge is 0.277 e. The lowest BCUT2D eigenvalue weighted by Crippen LogP contribution is -2.13. The molecule has 0 aliphatic rings. The Morgan fingerprint density at radius 1 is 0.923 bits per heavy atom. The molecule has 0 saturated carbocycles. The zero-order chi connectivity index (χ0) is 18.8. The van der Waals surface area contributed by atoms with Crippen LogP contribution in [0, 0.1) is 27.7 Å². The van der Waals surface area contributed by atoms with E-state index in [2.05, 4.69) is 24.0 Å². The van der Waals surface area contributed by atoms with Crippen molar-refractivity contribution < 1.29 is 9.21 Å². The van der Waals surface area contributed by atoms with Gasteiger partial charge in [0.05, 0.1) is 5.25 Å². The van der Waals surface area contributed by atoms with E-state index in [1.165, 1.54) is 28.5 Å². The van der Waals surface area contributed by atoms with E-state index in [9.17, 15) is 4.79 Å². The SMILES string of the molecule is Cc1ccc(C(=O)[C@@H](C)Sc2nnc(-c3ccc(C)c(C)c3)o2)cc1C. The number of aromatic nitrogens is 2. The number of rotatable bonds is 5. The van der Waals surface area contributed by atoms with Crippen molar-refractivity contribution in [3.63, 3.8) is 0 Å². The summed E-state index contributed by atoms with van der Waals surface area (Å²) < 4.78 is 5.75. The molecule has 3 rings (SSSR count). The zero-order valence-electron chi connectivity index (χ0n) is 15.7. The number of hydrogen-bond donors (Lipinski definition) is 0. The van der Waals surface area contributed by atoms with Gasteiger partial charge in [0.25, 0.3) is 5.22 Å². The van der Waals surface area contributed by atoms with Crippen LogP contribution in [0.3, 0.4) is 0 Å². The molecule has 0 N–H and O–H groups in total. The highest BCUT2D eigenvalue weighted by atomic mass is 32.2. The summed E-state index contributed by atoms with van der Waals surface area (Å²) in [6.07, 6.45) is 0. The number of hydrogen-bond acceptors (Lipinski definition) is 5. The molecule has 3 aromatic rings. The van der Waals surface area contributed by atoms with E-state index in [0.717, 1.165) is 11.1 Å². The van der Waals surface area contributed by atoms with Crippen LogP contribution in [0.1, 0.15) is 39.5 Å². The Balaban J connectivity index is 1.74. The summed E-state index contributed by atoms with van der Waals surface area (Å²) >= 11 is 1.29. The lowest BCUT2D eigenvalue weighted by atomic mass is 10.0. The van der Waals surface area contributed by atoms with E-state index < -0.39 is 0 Å². The van der Waals surface area contributed by atoms with Crippen molar-refractivity contribution in [3.05, 3.63) is 64.2 Å². The Morgan fingerprint density at radius 3 is 2.23 bits per heavy atom. The minimum Gasteiger partial charge on any atom is -0.411 e.